The first-order chi connectivity index (χ1) is 18.8. The van der Waals surface area contributed by atoms with Gasteiger partial charge in [0.15, 0.2) is 0 Å². The van der Waals surface area contributed by atoms with Crippen LogP contribution in [0.4, 0.5) is 4.39 Å². The number of hydroxylamine groups is 2. The molecule has 39 heavy (non-hydrogen) atoms. The van der Waals surface area contributed by atoms with Crippen LogP contribution < -0.4 is 0 Å². The summed E-state index contributed by atoms with van der Waals surface area (Å²) in [6.45, 7) is 6.99. The fourth-order valence-electron chi connectivity index (χ4n) is 5.36. The Kier molecular flexibility index (Phi) is 8.10. The number of hydrogen-bond acceptors (Lipinski definition) is 4. The molecule has 0 amide bonds. The summed E-state index contributed by atoms with van der Waals surface area (Å²) in [5.74, 6) is -0.449. The predicted molar refractivity (Wildman–Crippen MR) is 152 cm³/mol. The Balaban J connectivity index is 1.46. The molecular weight excluding hydrogens is 489 g/mol. The molecule has 1 saturated heterocycles. The molecule has 0 aliphatic carbocycles. The minimum atomic E-state index is -0.621. The van der Waals surface area contributed by atoms with Crippen LogP contribution in [0.25, 0.3) is 10.8 Å². The highest BCUT2D eigenvalue weighted by atomic mass is 19.1. The van der Waals surface area contributed by atoms with Gasteiger partial charge < -0.3 is 9.57 Å². The SMILES string of the molecule is CC(C)(C)C(=O)ON1CC(Cc2ccccc2)C(c2ccc(F)cc2)C(OCc2ccc3ccccc3c2)C1. The van der Waals surface area contributed by atoms with Gasteiger partial charge in [0, 0.05) is 12.5 Å². The van der Waals surface area contributed by atoms with E-state index < -0.39 is 5.41 Å². The van der Waals surface area contributed by atoms with E-state index >= 15 is 0 Å². The van der Waals surface area contributed by atoms with E-state index in [1.54, 1.807) is 5.06 Å². The van der Waals surface area contributed by atoms with Gasteiger partial charge in [-0.05, 0) is 78.8 Å². The normalized spacial score (nSPS) is 20.2. The third-order valence-corrected chi connectivity index (χ3v) is 7.43. The molecule has 0 radical (unpaired) electrons. The minimum Gasteiger partial charge on any atom is -0.371 e. The summed E-state index contributed by atoms with van der Waals surface area (Å²) in [5, 5.41) is 4.12. The molecule has 3 atom stereocenters. The zero-order valence-corrected chi connectivity index (χ0v) is 22.8. The smallest absolute Gasteiger partial charge is 0.330 e. The Labute approximate surface area is 230 Å². The van der Waals surface area contributed by atoms with E-state index in [-0.39, 0.29) is 29.7 Å². The van der Waals surface area contributed by atoms with Crippen LogP contribution in [0.5, 0.6) is 0 Å². The van der Waals surface area contributed by atoms with Gasteiger partial charge in [-0.1, -0.05) is 78.9 Å². The molecule has 0 aromatic heterocycles. The maximum absolute atomic E-state index is 13.9. The molecule has 5 heteroatoms. The molecule has 4 aromatic carbocycles. The van der Waals surface area contributed by atoms with E-state index in [1.165, 1.54) is 28.5 Å². The molecule has 3 unspecified atom stereocenters. The van der Waals surface area contributed by atoms with Crippen LogP contribution in [-0.2, 0) is 27.4 Å². The molecule has 4 aromatic rings. The molecule has 0 saturated carbocycles. The number of benzene rings is 4. The summed E-state index contributed by atoms with van der Waals surface area (Å²) in [7, 11) is 0. The first-order valence-corrected chi connectivity index (χ1v) is 13.6. The molecule has 1 fully saturated rings. The molecule has 0 spiro atoms. The minimum absolute atomic E-state index is 0.00384. The fourth-order valence-corrected chi connectivity index (χ4v) is 5.36. The largest absolute Gasteiger partial charge is 0.371 e. The summed E-state index contributed by atoms with van der Waals surface area (Å²) in [4.78, 5) is 18.8. The number of nitrogens with zero attached hydrogens (tertiary/aromatic N) is 1. The zero-order chi connectivity index (χ0) is 27.4. The van der Waals surface area contributed by atoms with Gasteiger partial charge in [0.2, 0.25) is 0 Å². The predicted octanol–water partition coefficient (Wildman–Crippen LogP) is 7.33. The van der Waals surface area contributed by atoms with Crippen LogP contribution in [0.15, 0.2) is 97.1 Å². The van der Waals surface area contributed by atoms with Gasteiger partial charge in [-0.15, -0.1) is 5.06 Å². The van der Waals surface area contributed by atoms with Gasteiger partial charge in [0.05, 0.1) is 24.7 Å². The van der Waals surface area contributed by atoms with E-state index in [2.05, 4.69) is 42.5 Å². The number of rotatable bonds is 7. The molecule has 202 valence electrons. The quantitative estimate of drug-likeness (QED) is 0.253. The van der Waals surface area contributed by atoms with E-state index in [4.69, 9.17) is 9.57 Å². The van der Waals surface area contributed by atoms with Gasteiger partial charge in [-0.25, -0.2) is 9.18 Å². The van der Waals surface area contributed by atoms with Crippen LogP contribution in [0.2, 0.25) is 0 Å². The van der Waals surface area contributed by atoms with E-state index in [0.29, 0.717) is 19.7 Å². The number of halogens is 1. The second-order valence-corrected chi connectivity index (χ2v) is 11.5. The van der Waals surface area contributed by atoms with Crippen molar-refractivity contribution in [3.05, 3.63) is 120 Å². The number of piperidine rings is 1. The van der Waals surface area contributed by atoms with Crippen LogP contribution in [0.3, 0.4) is 0 Å². The molecule has 0 bridgehead atoms. The summed E-state index contributed by atoms with van der Waals surface area (Å²) >= 11 is 0. The molecule has 1 aliphatic heterocycles. The van der Waals surface area contributed by atoms with E-state index in [1.807, 2.05) is 63.2 Å². The summed E-state index contributed by atoms with van der Waals surface area (Å²) in [6.07, 6.45) is 0.514. The highest BCUT2D eigenvalue weighted by Crippen LogP contribution is 2.38. The number of fused-ring (bicyclic) bond motifs is 1. The van der Waals surface area contributed by atoms with Crippen LogP contribution in [-0.4, -0.2) is 30.2 Å². The average Bonchev–Trinajstić information content (AvgIpc) is 2.92. The standard InChI is InChI=1S/C34H36FNO3/c1-34(2,3)33(37)39-36-21-29(19-24-9-5-4-6-10-24)32(27-15-17-30(35)18-16-27)31(22-36)38-23-25-13-14-26-11-7-8-12-28(26)20-25/h4-18,20,29,31-32H,19,21-23H2,1-3H3. The monoisotopic (exact) mass is 525 g/mol. The van der Waals surface area contributed by atoms with Crippen molar-refractivity contribution in [3.8, 4) is 0 Å². The number of carbonyl (C=O) groups excluding carboxylic acids is 1. The Morgan fingerprint density at radius 2 is 1.54 bits per heavy atom. The van der Waals surface area contributed by atoms with Crippen LogP contribution >= 0.6 is 0 Å². The zero-order valence-electron chi connectivity index (χ0n) is 22.8. The lowest BCUT2D eigenvalue weighted by Gasteiger charge is -2.43. The highest BCUT2D eigenvalue weighted by Gasteiger charge is 2.41. The van der Waals surface area contributed by atoms with Gasteiger partial charge in [0.1, 0.15) is 5.82 Å². The molecule has 0 N–H and O–H groups in total. The van der Waals surface area contributed by atoms with Crippen molar-refractivity contribution in [2.75, 3.05) is 13.1 Å². The third kappa shape index (κ3) is 6.73. The van der Waals surface area contributed by atoms with Crippen molar-refractivity contribution in [1.29, 1.82) is 0 Å². The third-order valence-electron chi connectivity index (χ3n) is 7.43. The summed E-state index contributed by atoms with van der Waals surface area (Å²) in [6, 6.07) is 31.7. The van der Waals surface area contributed by atoms with Gasteiger partial charge in [-0.2, -0.15) is 0 Å². The maximum Gasteiger partial charge on any atom is 0.330 e. The molecular formula is C34H36FNO3. The van der Waals surface area contributed by atoms with Crippen LogP contribution in [0, 0.1) is 17.2 Å². The van der Waals surface area contributed by atoms with Crippen molar-refractivity contribution in [2.24, 2.45) is 11.3 Å². The Morgan fingerprint density at radius 1 is 0.846 bits per heavy atom. The lowest BCUT2D eigenvalue weighted by Crippen LogP contribution is -2.51. The Bertz CT molecular complexity index is 1400. The second kappa shape index (κ2) is 11.7. The second-order valence-electron chi connectivity index (χ2n) is 11.5. The lowest BCUT2D eigenvalue weighted by molar-refractivity contribution is -0.222. The number of hydrogen-bond donors (Lipinski definition) is 0. The summed E-state index contributed by atoms with van der Waals surface area (Å²) < 4.78 is 20.6. The van der Waals surface area contributed by atoms with Crippen molar-refractivity contribution in [1.82, 2.24) is 5.06 Å². The molecule has 5 rings (SSSR count). The van der Waals surface area contributed by atoms with Crippen molar-refractivity contribution in [3.63, 3.8) is 0 Å². The topological polar surface area (TPSA) is 38.8 Å². The molecule has 1 heterocycles. The van der Waals surface area contributed by atoms with Crippen molar-refractivity contribution >= 4 is 16.7 Å². The van der Waals surface area contributed by atoms with Gasteiger partial charge in [-0.3, -0.25) is 0 Å². The lowest BCUT2D eigenvalue weighted by atomic mass is 9.76. The van der Waals surface area contributed by atoms with E-state index in [0.717, 1.165) is 17.5 Å². The average molecular weight is 526 g/mol. The van der Waals surface area contributed by atoms with Crippen LogP contribution in [0.1, 0.15) is 43.4 Å². The number of ether oxygens (including phenoxy) is 1. The van der Waals surface area contributed by atoms with Gasteiger partial charge in [0.25, 0.3) is 0 Å². The highest BCUT2D eigenvalue weighted by molar-refractivity contribution is 5.82. The molecule has 1 aliphatic rings. The molecule has 4 nitrogen and oxygen atoms in total. The van der Waals surface area contributed by atoms with Gasteiger partial charge >= 0.3 is 5.97 Å². The summed E-state index contributed by atoms with van der Waals surface area (Å²) in [5.41, 5.74) is 2.69. The van der Waals surface area contributed by atoms with E-state index in [9.17, 15) is 9.18 Å². The first kappa shape index (κ1) is 27.0. The Morgan fingerprint density at radius 3 is 2.26 bits per heavy atom. The van der Waals surface area contributed by atoms with Crippen molar-refractivity contribution < 1.29 is 18.8 Å². The van der Waals surface area contributed by atoms with Crippen molar-refractivity contribution in [2.45, 2.75) is 45.8 Å². The maximum atomic E-state index is 13.9. The fraction of sp³-hybridized carbons (Fsp3) is 0.324. The first-order valence-electron chi connectivity index (χ1n) is 13.6. The Hall–Kier alpha value is -3.54. The number of carbonyl (C=O) groups is 1.